The molecule has 1 fully saturated rings. The van der Waals surface area contributed by atoms with Crippen LogP contribution in [-0.4, -0.2) is 49.2 Å². The van der Waals surface area contributed by atoms with Gasteiger partial charge in [-0.05, 0) is 30.3 Å². The Kier molecular flexibility index (Phi) is 4.97. The van der Waals surface area contributed by atoms with E-state index in [9.17, 15) is 9.59 Å². The maximum absolute atomic E-state index is 12.5. The first-order chi connectivity index (χ1) is 14.7. The van der Waals surface area contributed by atoms with Gasteiger partial charge in [0.2, 0.25) is 5.91 Å². The third kappa shape index (κ3) is 3.81. The summed E-state index contributed by atoms with van der Waals surface area (Å²) in [5.41, 5.74) is 2.18. The van der Waals surface area contributed by atoms with Crippen molar-refractivity contribution >= 4 is 49.9 Å². The highest BCUT2D eigenvalue weighted by Crippen LogP contribution is 2.32. The summed E-state index contributed by atoms with van der Waals surface area (Å²) in [5, 5.41) is 6.60. The number of morpholine rings is 1. The maximum atomic E-state index is 12.5. The Morgan fingerprint density at radius 1 is 1.23 bits per heavy atom. The molecular formula is C21H20N4O4S. The van der Waals surface area contributed by atoms with Crippen molar-refractivity contribution in [3.05, 3.63) is 42.5 Å². The van der Waals surface area contributed by atoms with Gasteiger partial charge in [0.15, 0.2) is 11.2 Å². The molecule has 0 aliphatic carbocycles. The normalized spacial score (nSPS) is 18.5. The zero-order chi connectivity index (χ0) is 20.5. The van der Waals surface area contributed by atoms with Crippen molar-refractivity contribution in [1.82, 2.24) is 4.98 Å². The van der Waals surface area contributed by atoms with E-state index in [1.807, 2.05) is 30.3 Å². The summed E-state index contributed by atoms with van der Waals surface area (Å²) in [6.45, 7) is 3.07. The van der Waals surface area contributed by atoms with Gasteiger partial charge in [-0.1, -0.05) is 23.5 Å². The number of carbonyl (C=O) groups excluding carboxylic acids is 2. The number of rotatable bonds is 4. The summed E-state index contributed by atoms with van der Waals surface area (Å²) in [6.07, 6.45) is -0.931. The van der Waals surface area contributed by atoms with E-state index >= 15 is 0 Å². The van der Waals surface area contributed by atoms with Gasteiger partial charge >= 0.3 is 0 Å². The van der Waals surface area contributed by atoms with Crippen LogP contribution in [0.25, 0.3) is 10.2 Å². The number of nitrogens with one attached hydrogen (secondary N) is 2. The van der Waals surface area contributed by atoms with Crippen molar-refractivity contribution in [1.29, 1.82) is 0 Å². The van der Waals surface area contributed by atoms with Crippen LogP contribution >= 0.6 is 11.3 Å². The molecule has 9 heteroatoms. The number of hydrogen-bond acceptors (Lipinski definition) is 7. The molecule has 0 saturated carbocycles. The van der Waals surface area contributed by atoms with Crippen molar-refractivity contribution in [2.75, 3.05) is 41.8 Å². The first-order valence-electron chi connectivity index (χ1n) is 9.75. The highest BCUT2D eigenvalue weighted by molar-refractivity contribution is 7.22. The molecule has 1 atom stereocenters. The molecule has 1 unspecified atom stereocenters. The molecule has 30 heavy (non-hydrogen) atoms. The fraction of sp³-hybridized carbons (Fsp3) is 0.286. The van der Waals surface area contributed by atoms with Gasteiger partial charge in [-0.2, -0.15) is 0 Å². The van der Waals surface area contributed by atoms with Gasteiger partial charge in [-0.15, -0.1) is 0 Å². The van der Waals surface area contributed by atoms with Crippen molar-refractivity contribution in [2.45, 2.75) is 12.5 Å². The second-order valence-electron chi connectivity index (χ2n) is 7.12. The third-order valence-electron chi connectivity index (χ3n) is 5.02. The van der Waals surface area contributed by atoms with Crippen LogP contribution in [0.5, 0.6) is 5.75 Å². The van der Waals surface area contributed by atoms with Crippen molar-refractivity contribution in [3.63, 3.8) is 0 Å². The average Bonchev–Trinajstić information content (AvgIpc) is 3.18. The van der Waals surface area contributed by atoms with Crippen LogP contribution < -0.4 is 20.3 Å². The summed E-state index contributed by atoms with van der Waals surface area (Å²) >= 11 is 1.59. The van der Waals surface area contributed by atoms with E-state index in [0.29, 0.717) is 30.3 Å². The van der Waals surface area contributed by atoms with Gasteiger partial charge < -0.3 is 25.0 Å². The minimum absolute atomic E-state index is 0.0695. The molecule has 154 valence electrons. The summed E-state index contributed by atoms with van der Waals surface area (Å²) < 4.78 is 12.1. The van der Waals surface area contributed by atoms with Crippen LogP contribution in [0.4, 0.5) is 16.5 Å². The topological polar surface area (TPSA) is 92.8 Å². The minimum atomic E-state index is -0.861. The average molecular weight is 424 g/mol. The fourth-order valence-corrected chi connectivity index (χ4v) is 4.54. The number of aromatic nitrogens is 1. The van der Waals surface area contributed by atoms with Gasteiger partial charge in [0.25, 0.3) is 5.91 Å². The van der Waals surface area contributed by atoms with Crippen LogP contribution in [0, 0.1) is 0 Å². The number of carbonyl (C=O) groups is 2. The number of anilines is 3. The molecule has 0 bridgehead atoms. The molecule has 1 aromatic heterocycles. The molecule has 2 amide bonds. The number of hydrogen-bond donors (Lipinski definition) is 2. The molecule has 5 rings (SSSR count). The van der Waals surface area contributed by atoms with Crippen molar-refractivity contribution < 1.29 is 19.1 Å². The van der Waals surface area contributed by atoms with Crippen LogP contribution in [0.1, 0.15) is 6.42 Å². The Morgan fingerprint density at radius 3 is 2.93 bits per heavy atom. The van der Waals surface area contributed by atoms with Crippen LogP contribution in [0.2, 0.25) is 0 Å². The van der Waals surface area contributed by atoms with Gasteiger partial charge in [-0.3, -0.25) is 9.59 Å². The van der Waals surface area contributed by atoms with Crippen LogP contribution in [0.15, 0.2) is 42.5 Å². The van der Waals surface area contributed by atoms with Crippen LogP contribution in [-0.2, 0) is 14.3 Å². The number of amides is 2. The highest BCUT2D eigenvalue weighted by Gasteiger charge is 2.29. The first kappa shape index (κ1) is 18.8. The first-order valence-corrected chi connectivity index (χ1v) is 10.6. The number of para-hydroxylation sites is 2. The molecule has 2 aliphatic rings. The van der Waals surface area contributed by atoms with E-state index in [1.165, 1.54) is 0 Å². The highest BCUT2D eigenvalue weighted by atomic mass is 32.1. The molecule has 2 aliphatic heterocycles. The summed E-state index contributed by atoms with van der Waals surface area (Å²) in [7, 11) is 0. The van der Waals surface area contributed by atoms with Gasteiger partial charge in [0.05, 0.1) is 35.5 Å². The van der Waals surface area contributed by atoms with E-state index < -0.39 is 6.10 Å². The third-order valence-corrected chi connectivity index (χ3v) is 6.10. The lowest BCUT2D eigenvalue weighted by atomic mass is 10.1. The molecule has 0 radical (unpaired) electrons. The molecule has 3 aromatic rings. The molecule has 1 saturated heterocycles. The van der Waals surface area contributed by atoms with E-state index in [1.54, 1.807) is 23.5 Å². The summed E-state index contributed by atoms with van der Waals surface area (Å²) in [5.74, 6) is -0.0414. The van der Waals surface area contributed by atoms with E-state index in [2.05, 4.69) is 20.5 Å². The Hall–Kier alpha value is -3.17. The Morgan fingerprint density at radius 2 is 2.07 bits per heavy atom. The summed E-state index contributed by atoms with van der Waals surface area (Å²) in [4.78, 5) is 31.7. The summed E-state index contributed by atoms with van der Waals surface area (Å²) in [6, 6.07) is 12.8. The largest absolute Gasteiger partial charge is 0.478 e. The number of thiazole rings is 1. The molecule has 8 nitrogen and oxygen atoms in total. The second-order valence-corrected chi connectivity index (χ2v) is 8.13. The Labute approximate surface area is 176 Å². The number of benzene rings is 2. The molecule has 3 heterocycles. The predicted molar refractivity (Wildman–Crippen MR) is 115 cm³/mol. The monoisotopic (exact) mass is 424 g/mol. The second kappa shape index (κ2) is 7.92. The van der Waals surface area contributed by atoms with Gasteiger partial charge in [0, 0.05) is 18.8 Å². The lowest BCUT2D eigenvalue weighted by Crippen LogP contribution is -2.39. The quantitative estimate of drug-likeness (QED) is 0.669. The lowest BCUT2D eigenvalue weighted by Gasteiger charge is -2.25. The van der Waals surface area contributed by atoms with E-state index in [-0.39, 0.29) is 18.2 Å². The molecule has 0 spiro atoms. The molecule has 2 aromatic carbocycles. The molecule has 2 N–H and O–H groups in total. The minimum Gasteiger partial charge on any atom is -0.478 e. The number of fused-ring (bicyclic) bond motifs is 2. The smallest absolute Gasteiger partial charge is 0.266 e. The van der Waals surface area contributed by atoms with Gasteiger partial charge in [0.1, 0.15) is 5.75 Å². The lowest BCUT2D eigenvalue weighted by molar-refractivity contribution is -0.128. The number of nitrogens with zero attached hydrogens (tertiary/aromatic N) is 2. The Balaban J connectivity index is 1.26. The molecular weight excluding hydrogens is 404 g/mol. The van der Waals surface area contributed by atoms with E-state index in [0.717, 1.165) is 28.4 Å². The zero-order valence-electron chi connectivity index (χ0n) is 16.1. The van der Waals surface area contributed by atoms with Gasteiger partial charge in [-0.25, -0.2) is 4.98 Å². The zero-order valence-corrected chi connectivity index (χ0v) is 16.9. The van der Waals surface area contributed by atoms with Crippen LogP contribution in [0.3, 0.4) is 0 Å². The maximum Gasteiger partial charge on any atom is 0.266 e. The fourth-order valence-electron chi connectivity index (χ4n) is 3.49. The Bertz CT molecular complexity index is 1110. The SMILES string of the molecule is O=C(CC1Oc2ccccc2NC1=O)Nc1ccc2nc(N3CCOCC3)sc2c1. The van der Waals surface area contributed by atoms with Crippen molar-refractivity contribution in [3.8, 4) is 5.75 Å². The predicted octanol–water partition coefficient (Wildman–Crippen LogP) is 2.86. The van der Waals surface area contributed by atoms with E-state index in [4.69, 9.17) is 9.47 Å². The number of ether oxygens (including phenoxy) is 2. The standard InChI is InChI=1S/C21H20N4O4S/c26-19(12-17-20(27)23-14-3-1-2-4-16(14)29-17)22-13-5-6-15-18(11-13)30-21(24-15)25-7-9-28-10-8-25/h1-6,11,17H,7-10,12H2,(H,22,26)(H,23,27). The van der Waals surface area contributed by atoms with Crippen molar-refractivity contribution in [2.24, 2.45) is 0 Å².